The molecule has 6 rings (SSSR count). The number of pyridine rings is 1. The van der Waals surface area contributed by atoms with Gasteiger partial charge in [0.1, 0.15) is 23.0 Å². The highest BCUT2D eigenvalue weighted by Gasteiger charge is 2.26. The zero-order valence-corrected chi connectivity index (χ0v) is 23.5. The normalized spacial score (nSPS) is 11.7. The van der Waals surface area contributed by atoms with E-state index in [0.29, 0.717) is 38.8 Å². The van der Waals surface area contributed by atoms with Crippen molar-refractivity contribution < 1.29 is 26.4 Å². The van der Waals surface area contributed by atoms with Gasteiger partial charge in [-0.2, -0.15) is 0 Å². The highest BCUT2D eigenvalue weighted by molar-refractivity contribution is 7.92. The van der Waals surface area contributed by atoms with Gasteiger partial charge >= 0.3 is 0 Å². The van der Waals surface area contributed by atoms with Crippen molar-refractivity contribution in [2.75, 3.05) is 24.7 Å². The van der Waals surface area contributed by atoms with Gasteiger partial charge in [0.05, 0.1) is 28.5 Å². The van der Waals surface area contributed by atoms with Crippen LogP contribution in [0, 0.1) is 11.6 Å². The maximum absolute atomic E-state index is 13.7. The zero-order chi connectivity index (χ0) is 29.8. The topological polar surface area (TPSA) is 97.4 Å². The first kappa shape index (κ1) is 27.2. The molecule has 0 saturated heterocycles. The van der Waals surface area contributed by atoms with Crippen LogP contribution in [-0.4, -0.2) is 44.2 Å². The molecule has 3 aromatic heterocycles. The molecule has 0 aliphatic carbocycles. The Morgan fingerprint density at radius 1 is 0.952 bits per heavy atom. The molecule has 0 saturated carbocycles. The maximum atomic E-state index is 13.7. The lowest BCUT2D eigenvalue weighted by Gasteiger charge is -2.20. The molecule has 0 unspecified atom stereocenters. The number of furan rings is 1. The van der Waals surface area contributed by atoms with E-state index in [2.05, 4.69) is 10.3 Å². The second-order valence-corrected chi connectivity index (χ2v) is 11.8. The van der Waals surface area contributed by atoms with Crippen LogP contribution in [-0.2, 0) is 10.0 Å². The Bertz CT molecular complexity index is 2100. The maximum Gasteiger partial charge on any atom is 0.255 e. The second kappa shape index (κ2) is 10.1. The van der Waals surface area contributed by atoms with Crippen LogP contribution in [0.5, 0.6) is 0 Å². The Morgan fingerprint density at radius 3 is 2.26 bits per heavy atom. The third kappa shape index (κ3) is 4.67. The van der Waals surface area contributed by atoms with Gasteiger partial charge in [0.15, 0.2) is 0 Å². The van der Waals surface area contributed by atoms with Crippen molar-refractivity contribution in [3.05, 3.63) is 102 Å². The minimum atomic E-state index is -3.71. The number of sulfonamides is 1. The Balaban J connectivity index is 1.63. The third-order valence-corrected chi connectivity index (χ3v) is 8.35. The van der Waals surface area contributed by atoms with Gasteiger partial charge in [-0.05, 0) is 66.7 Å². The summed E-state index contributed by atoms with van der Waals surface area (Å²) in [6, 6.07) is 18.5. The molecule has 6 aromatic rings. The van der Waals surface area contributed by atoms with Crippen LogP contribution in [0.25, 0.3) is 50.1 Å². The number of carbonyl (C=O) groups excluding carboxylic acids is 1. The fourth-order valence-electron chi connectivity index (χ4n) is 4.94. The van der Waals surface area contributed by atoms with E-state index < -0.39 is 21.7 Å². The van der Waals surface area contributed by atoms with Crippen LogP contribution >= 0.6 is 0 Å². The summed E-state index contributed by atoms with van der Waals surface area (Å²) >= 11 is 0. The van der Waals surface area contributed by atoms with Gasteiger partial charge in [-0.3, -0.25) is 14.1 Å². The number of hydrogen-bond donors (Lipinski definition) is 1. The van der Waals surface area contributed by atoms with Crippen LogP contribution in [0.4, 0.5) is 14.5 Å². The van der Waals surface area contributed by atoms with Crippen molar-refractivity contribution in [2.24, 2.45) is 0 Å². The van der Waals surface area contributed by atoms with Crippen LogP contribution in [0.1, 0.15) is 10.4 Å². The molecule has 0 aliphatic heterocycles. The largest absolute Gasteiger partial charge is 0.455 e. The summed E-state index contributed by atoms with van der Waals surface area (Å²) in [5.74, 6) is -1.01. The average molecular weight is 587 g/mol. The first-order valence-electron chi connectivity index (χ1n) is 12.8. The number of amides is 1. The number of benzene rings is 3. The van der Waals surface area contributed by atoms with Crippen molar-refractivity contribution in [3.8, 4) is 28.1 Å². The molecule has 11 heteroatoms. The molecule has 0 bridgehead atoms. The van der Waals surface area contributed by atoms with E-state index in [-0.39, 0.29) is 22.7 Å². The molecule has 0 aliphatic rings. The average Bonchev–Trinajstić information content (AvgIpc) is 3.57. The van der Waals surface area contributed by atoms with Crippen LogP contribution in [0.3, 0.4) is 0 Å². The molecule has 8 nitrogen and oxygen atoms in total. The summed E-state index contributed by atoms with van der Waals surface area (Å²) in [6.07, 6.45) is 4.53. The summed E-state index contributed by atoms with van der Waals surface area (Å²) in [5.41, 5.74) is 4.42. The van der Waals surface area contributed by atoms with Crippen molar-refractivity contribution in [2.45, 2.75) is 0 Å². The number of rotatable bonds is 6. The fraction of sp³-hybridized carbons (Fsp3) is 0.0968. The summed E-state index contributed by atoms with van der Waals surface area (Å²) < 4.78 is 61.8. The van der Waals surface area contributed by atoms with E-state index in [1.807, 2.05) is 22.9 Å². The number of nitrogens with zero attached hydrogens (tertiary/aromatic N) is 3. The first-order valence-corrected chi connectivity index (χ1v) is 14.7. The lowest BCUT2D eigenvalue weighted by molar-refractivity contribution is 0.0964. The smallest absolute Gasteiger partial charge is 0.255 e. The number of carbonyl (C=O) groups is 1. The first-order chi connectivity index (χ1) is 20.0. The van der Waals surface area contributed by atoms with Crippen molar-refractivity contribution in [1.82, 2.24) is 14.9 Å². The standard InChI is InChI=1S/C31H24F2N4O4S/c1-34-31(38)29-24-15-23(19-14-27-25(35-17-19)12-13-37(27)22-10-8-21(33)9-11-22)26(36(2)42(3,39)40)16-28(24)41-30(29)18-4-6-20(32)7-5-18/h4-17H,1-3H3,(H,34,38). The number of aromatic nitrogens is 2. The monoisotopic (exact) mass is 586 g/mol. The highest BCUT2D eigenvalue weighted by atomic mass is 32.2. The lowest BCUT2D eigenvalue weighted by atomic mass is 9.99. The molecule has 0 fully saturated rings. The molecule has 1 N–H and O–H groups in total. The molecular weight excluding hydrogens is 562 g/mol. The van der Waals surface area contributed by atoms with Gasteiger partial charge < -0.3 is 14.3 Å². The SMILES string of the molecule is CNC(=O)c1c(-c2ccc(F)cc2)oc2cc(N(C)S(C)(=O)=O)c(-c3cnc4ccn(-c5ccc(F)cc5)c4c3)cc12. The minimum absolute atomic E-state index is 0.216. The molecular formula is C31H24F2N4O4S. The highest BCUT2D eigenvalue weighted by Crippen LogP contribution is 2.41. The molecule has 0 spiro atoms. The summed E-state index contributed by atoms with van der Waals surface area (Å²) in [7, 11) is -0.796. The van der Waals surface area contributed by atoms with Gasteiger partial charge in [0.25, 0.3) is 5.91 Å². The van der Waals surface area contributed by atoms with E-state index >= 15 is 0 Å². The molecule has 212 valence electrons. The van der Waals surface area contributed by atoms with E-state index in [9.17, 15) is 22.0 Å². The Kier molecular flexibility index (Phi) is 6.53. The number of nitrogens with one attached hydrogen (secondary N) is 1. The minimum Gasteiger partial charge on any atom is -0.455 e. The van der Waals surface area contributed by atoms with E-state index in [4.69, 9.17) is 4.42 Å². The van der Waals surface area contributed by atoms with Gasteiger partial charge in [0, 0.05) is 60.3 Å². The fourth-order valence-corrected chi connectivity index (χ4v) is 5.45. The van der Waals surface area contributed by atoms with Gasteiger partial charge in [-0.25, -0.2) is 17.2 Å². The van der Waals surface area contributed by atoms with Gasteiger partial charge in [-0.15, -0.1) is 0 Å². The second-order valence-electron chi connectivity index (χ2n) is 9.78. The summed E-state index contributed by atoms with van der Waals surface area (Å²) in [5, 5.41) is 3.06. The lowest BCUT2D eigenvalue weighted by Crippen LogP contribution is -2.25. The predicted molar refractivity (Wildman–Crippen MR) is 158 cm³/mol. The predicted octanol–water partition coefficient (Wildman–Crippen LogP) is 6.14. The molecule has 0 atom stereocenters. The number of halogens is 2. The third-order valence-electron chi connectivity index (χ3n) is 7.16. The van der Waals surface area contributed by atoms with Crippen molar-refractivity contribution in [3.63, 3.8) is 0 Å². The van der Waals surface area contributed by atoms with Crippen LogP contribution in [0.15, 0.2) is 89.6 Å². The molecule has 42 heavy (non-hydrogen) atoms. The quantitative estimate of drug-likeness (QED) is 0.253. The number of hydrogen-bond acceptors (Lipinski definition) is 5. The van der Waals surface area contributed by atoms with Crippen LogP contribution < -0.4 is 9.62 Å². The molecule has 1 amide bonds. The van der Waals surface area contributed by atoms with Crippen molar-refractivity contribution in [1.29, 1.82) is 0 Å². The summed E-state index contributed by atoms with van der Waals surface area (Å²) in [6.45, 7) is 0. The van der Waals surface area contributed by atoms with Gasteiger partial charge in [-0.1, -0.05) is 0 Å². The van der Waals surface area contributed by atoms with E-state index in [1.165, 1.54) is 50.5 Å². The Hall–Kier alpha value is -5.03. The van der Waals surface area contributed by atoms with Gasteiger partial charge in [0.2, 0.25) is 10.0 Å². The molecule has 0 radical (unpaired) electrons. The molecule has 3 aromatic carbocycles. The van der Waals surface area contributed by atoms with Crippen LogP contribution in [0.2, 0.25) is 0 Å². The zero-order valence-electron chi connectivity index (χ0n) is 22.7. The number of anilines is 1. The summed E-state index contributed by atoms with van der Waals surface area (Å²) in [4.78, 5) is 17.7. The Morgan fingerprint density at radius 2 is 1.62 bits per heavy atom. The van der Waals surface area contributed by atoms with E-state index in [0.717, 1.165) is 16.2 Å². The number of fused-ring (bicyclic) bond motifs is 2. The molecule has 3 heterocycles. The van der Waals surface area contributed by atoms with Crippen molar-refractivity contribution >= 4 is 43.6 Å². The Labute approximate surface area is 239 Å². The van der Waals surface area contributed by atoms with E-state index in [1.54, 1.807) is 30.5 Å².